The minimum absolute atomic E-state index is 0. The van der Waals surface area contributed by atoms with E-state index in [1.807, 2.05) is 0 Å². The van der Waals surface area contributed by atoms with Crippen molar-refractivity contribution in [1.29, 1.82) is 0 Å². The van der Waals surface area contributed by atoms with E-state index >= 15 is 0 Å². The van der Waals surface area contributed by atoms with Gasteiger partial charge in [-0.05, 0) is 52.6 Å². The lowest BCUT2D eigenvalue weighted by atomic mass is 9.89. The first-order chi connectivity index (χ1) is 12.5. The predicted octanol–water partition coefficient (Wildman–Crippen LogP) is 1.53. The van der Waals surface area contributed by atoms with Crippen LogP contribution < -0.4 is 10.6 Å². The van der Waals surface area contributed by atoms with Crippen LogP contribution in [0.1, 0.15) is 39.0 Å². The number of rotatable bonds is 6. The Morgan fingerprint density at radius 3 is 2.41 bits per heavy atom. The van der Waals surface area contributed by atoms with Gasteiger partial charge in [-0.1, -0.05) is 0 Å². The molecule has 0 radical (unpaired) electrons. The minimum Gasteiger partial charge on any atom is -0.381 e. The molecule has 1 amide bonds. The molecule has 0 aromatic rings. The van der Waals surface area contributed by atoms with Crippen molar-refractivity contribution in [3.63, 3.8) is 0 Å². The van der Waals surface area contributed by atoms with Crippen LogP contribution in [-0.4, -0.2) is 87.7 Å². The van der Waals surface area contributed by atoms with Gasteiger partial charge < -0.3 is 25.2 Å². The van der Waals surface area contributed by atoms with Crippen LogP contribution >= 0.6 is 24.0 Å². The van der Waals surface area contributed by atoms with Gasteiger partial charge in [0.25, 0.3) is 0 Å². The third-order valence-corrected chi connectivity index (χ3v) is 5.90. The third kappa shape index (κ3) is 7.05. The fourth-order valence-electron chi connectivity index (χ4n) is 3.86. The Bertz CT molecular complexity index is 473. The summed E-state index contributed by atoms with van der Waals surface area (Å²) in [6.07, 6.45) is 4.78. The molecule has 7 nitrogen and oxygen atoms in total. The highest BCUT2D eigenvalue weighted by molar-refractivity contribution is 14.0. The van der Waals surface area contributed by atoms with Crippen molar-refractivity contribution in [2.75, 3.05) is 60.5 Å². The number of likely N-dealkylation sites (N-methyl/N-ethyl adjacent to an activating group) is 1. The molecule has 0 saturated carbocycles. The summed E-state index contributed by atoms with van der Waals surface area (Å²) in [5.74, 6) is 1.65. The number of ether oxygens (including phenoxy) is 1. The SMILES string of the molecule is CCNC(=NCC1(N(C)C)CCOCC1)N1CCC(CC(=O)NC)CC1.I. The molecule has 2 saturated heterocycles. The number of hydrogen-bond acceptors (Lipinski definition) is 4. The van der Waals surface area contributed by atoms with Crippen LogP contribution in [0.4, 0.5) is 0 Å². The zero-order valence-electron chi connectivity index (χ0n) is 17.4. The fourth-order valence-corrected chi connectivity index (χ4v) is 3.86. The molecule has 0 unspecified atom stereocenters. The quantitative estimate of drug-likeness (QED) is 0.333. The fraction of sp³-hybridized carbons (Fsp3) is 0.895. The first-order valence-corrected chi connectivity index (χ1v) is 10.00. The normalized spacial score (nSPS) is 20.9. The average Bonchev–Trinajstić information content (AvgIpc) is 2.66. The predicted molar refractivity (Wildman–Crippen MR) is 121 cm³/mol. The summed E-state index contributed by atoms with van der Waals surface area (Å²) in [6, 6.07) is 0. The van der Waals surface area contributed by atoms with Crippen molar-refractivity contribution in [1.82, 2.24) is 20.4 Å². The number of hydrogen-bond donors (Lipinski definition) is 2. The van der Waals surface area contributed by atoms with Crippen molar-refractivity contribution >= 4 is 35.8 Å². The highest BCUT2D eigenvalue weighted by atomic mass is 127. The van der Waals surface area contributed by atoms with Gasteiger partial charge in [0.1, 0.15) is 0 Å². The zero-order chi connectivity index (χ0) is 19.0. The maximum atomic E-state index is 11.6. The topological polar surface area (TPSA) is 69.2 Å². The molecule has 2 aliphatic heterocycles. The largest absolute Gasteiger partial charge is 0.381 e. The van der Waals surface area contributed by atoms with E-state index in [-0.39, 0.29) is 35.4 Å². The van der Waals surface area contributed by atoms with Crippen LogP contribution in [0.25, 0.3) is 0 Å². The molecule has 158 valence electrons. The van der Waals surface area contributed by atoms with Crippen molar-refractivity contribution in [3.05, 3.63) is 0 Å². The van der Waals surface area contributed by atoms with Gasteiger partial charge in [0, 0.05) is 51.9 Å². The first-order valence-electron chi connectivity index (χ1n) is 10.00. The molecular formula is C19H38IN5O2. The molecule has 27 heavy (non-hydrogen) atoms. The average molecular weight is 495 g/mol. The Labute approximate surface area is 181 Å². The smallest absolute Gasteiger partial charge is 0.220 e. The molecule has 0 atom stereocenters. The van der Waals surface area contributed by atoms with Crippen molar-refractivity contribution in [2.45, 2.75) is 44.6 Å². The monoisotopic (exact) mass is 495 g/mol. The highest BCUT2D eigenvalue weighted by Crippen LogP contribution is 2.27. The van der Waals surface area contributed by atoms with Gasteiger partial charge in [0.2, 0.25) is 5.91 Å². The number of carbonyl (C=O) groups excluding carboxylic acids is 1. The highest BCUT2D eigenvalue weighted by Gasteiger charge is 2.35. The number of carbonyl (C=O) groups is 1. The molecule has 2 fully saturated rings. The Morgan fingerprint density at radius 2 is 1.89 bits per heavy atom. The number of likely N-dealkylation sites (tertiary alicyclic amines) is 1. The van der Waals surface area contributed by atoms with Crippen LogP contribution in [0.15, 0.2) is 4.99 Å². The molecule has 0 aromatic heterocycles. The molecule has 2 rings (SSSR count). The van der Waals surface area contributed by atoms with Crippen LogP contribution in [-0.2, 0) is 9.53 Å². The van der Waals surface area contributed by atoms with Gasteiger partial charge in [-0.3, -0.25) is 9.79 Å². The molecule has 2 heterocycles. The molecule has 2 N–H and O–H groups in total. The summed E-state index contributed by atoms with van der Waals surface area (Å²) in [4.78, 5) is 21.3. The number of guanidine groups is 1. The van der Waals surface area contributed by atoms with Crippen LogP contribution in [0.5, 0.6) is 0 Å². The van der Waals surface area contributed by atoms with E-state index in [0.717, 1.165) is 71.0 Å². The summed E-state index contributed by atoms with van der Waals surface area (Å²) in [5.41, 5.74) is 0.0937. The van der Waals surface area contributed by atoms with E-state index in [0.29, 0.717) is 12.3 Å². The van der Waals surface area contributed by atoms with E-state index in [2.05, 4.69) is 41.5 Å². The third-order valence-electron chi connectivity index (χ3n) is 5.90. The van der Waals surface area contributed by atoms with Gasteiger partial charge in [0.15, 0.2) is 5.96 Å². The standard InChI is InChI=1S/C19H37N5O2.HI/c1-5-21-18(22-15-19(23(3)4)8-12-26-13-9-19)24-10-6-16(7-11-24)14-17(25)20-2;/h16H,5-15H2,1-4H3,(H,20,25)(H,21,22);1H. The molecule has 0 spiro atoms. The van der Waals surface area contributed by atoms with E-state index in [9.17, 15) is 4.79 Å². The maximum Gasteiger partial charge on any atom is 0.220 e. The van der Waals surface area contributed by atoms with Crippen molar-refractivity contribution in [3.8, 4) is 0 Å². The second-order valence-corrected chi connectivity index (χ2v) is 7.71. The maximum absolute atomic E-state index is 11.6. The molecule has 8 heteroatoms. The number of amides is 1. The van der Waals surface area contributed by atoms with Crippen LogP contribution in [0.2, 0.25) is 0 Å². The Hall–Kier alpha value is -0.610. The molecule has 0 bridgehead atoms. The Balaban J connectivity index is 0.00000364. The summed E-state index contributed by atoms with van der Waals surface area (Å²) >= 11 is 0. The van der Waals surface area contributed by atoms with Gasteiger partial charge in [-0.25, -0.2) is 0 Å². The zero-order valence-corrected chi connectivity index (χ0v) is 19.8. The van der Waals surface area contributed by atoms with E-state index in [4.69, 9.17) is 9.73 Å². The lowest BCUT2D eigenvalue weighted by Crippen LogP contribution is -2.52. The lowest BCUT2D eigenvalue weighted by Gasteiger charge is -2.42. The minimum atomic E-state index is 0. The van der Waals surface area contributed by atoms with E-state index in [1.54, 1.807) is 7.05 Å². The van der Waals surface area contributed by atoms with Crippen LogP contribution in [0.3, 0.4) is 0 Å². The molecule has 2 aliphatic rings. The van der Waals surface area contributed by atoms with Crippen molar-refractivity contribution in [2.24, 2.45) is 10.9 Å². The number of halogens is 1. The Kier molecular flexibility index (Phi) is 10.9. The summed E-state index contributed by atoms with van der Waals surface area (Å²) in [5, 5.41) is 6.20. The molecular weight excluding hydrogens is 457 g/mol. The number of nitrogens with one attached hydrogen (secondary N) is 2. The van der Waals surface area contributed by atoms with E-state index in [1.165, 1.54) is 0 Å². The number of piperidine rings is 1. The van der Waals surface area contributed by atoms with E-state index < -0.39 is 0 Å². The second kappa shape index (κ2) is 12.1. The van der Waals surface area contributed by atoms with Crippen molar-refractivity contribution < 1.29 is 9.53 Å². The lowest BCUT2D eigenvalue weighted by molar-refractivity contribution is -0.121. The number of nitrogens with zero attached hydrogens (tertiary/aromatic N) is 3. The molecule has 0 aliphatic carbocycles. The second-order valence-electron chi connectivity index (χ2n) is 7.71. The molecule has 0 aromatic carbocycles. The first kappa shape index (κ1) is 24.4. The van der Waals surface area contributed by atoms with Gasteiger partial charge in [-0.2, -0.15) is 0 Å². The Morgan fingerprint density at radius 1 is 1.26 bits per heavy atom. The number of aliphatic imine (C=N–C) groups is 1. The van der Waals surface area contributed by atoms with Gasteiger partial charge in [-0.15, -0.1) is 24.0 Å². The van der Waals surface area contributed by atoms with Gasteiger partial charge >= 0.3 is 0 Å². The summed E-state index contributed by atoms with van der Waals surface area (Å²) < 4.78 is 5.56. The van der Waals surface area contributed by atoms with Crippen LogP contribution in [0, 0.1) is 5.92 Å². The summed E-state index contributed by atoms with van der Waals surface area (Å²) in [7, 11) is 6.01. The summed E-state index contributed by atoms with van der Waals surface area (Å²) in [6.45, 7) is 7.34. The van der Waals surface area contributed by atoms with Gasteiger partial charge in [0.05, 0.1) is 6.54 Å².